The molecule has 2 fully saturated rings. The summed E-state index contributed by atoms with van der Waals surface area (Å²) in [7, 11) is 0. The van der Waals surface area contributed by atoms with Crippen LogP contribution in [0.2, 0.25) is 0 Å². The molecule has 2 rings (SSSR count). The minimum absolute atomic E-state index is 0.102. The van der Waals surface area contributed by atoms with Crippen LogP contribution in [0.4, 0.5) is 0 Å². The Morgan fingerprint density at radius 3 is 3.08 bits per heavy atom. The summed E-state index contributed by atoms with van der Waals surface area (Å²) < 4.78 is 0. The highest BCUT2D eigenvalue weighted by Gasteiger charge is 2.35. The van der Waals surface area contributed by atoms with Crippen LogP contribution in [0.25, 0.3) is 0 Å². The maximum atomic E-state index is 10.7. The number of carbonyl (C=O) groups excluding carboxylic acids is 1. The van der Waals surface area contributed by atoms with Crippen molar-refractivity contribution in [3.63, 3.8) is 0 Å². The number of Topliss-reactive ketones (excluding diaryl/α,β-unsaturated/α-hetero) is 1. The van der Waals surface area contributed by atoms with Crippen LogP contribution in [0.15, 0.2) is 4.99 Å². The van der Waals surface area contributed by atoms with E-state index in [1.54, 1.807) is 18.7 Å². The van der Waals surface area contributed by atoms with Gasteiger partial charge in [-0.3, -0.25) is 15.2 Å². The van der Waals surface area contributed by atoms with E-state index in [2.05, 4.69) is 15.8 Å². The lowest BCUT2D eigenvalue weighted by Gasteiger charge is -2.01. The summed E-state index contributed by atoms with van der Waals surface area (Å²) in [6.07, 6.45) is 2.62. The van der Waals surface area contributed by atoms with Gasteiger partial charge in [-0.2, -0.15) is 0 Å². The normalized spacial score (nSPS) is 30.5. The molecule has 0 amide bonds. The lowest BCUT2D eigenvalue weighted by atomic mass is 10.4. The van der Waals surface area contributed by atoms with Crippen LogP contribution < -0.4 is 10.9 Å². The molecule has 2 N–H and O–H groups in total. The van der Waals surface area contributed by atoms with Crippen molar-refractivity contribution in [2.45, 2.75) is 25.1 Å². The van der Waals surface area contributed by atoms with Crippen molar-refractivity contribution >= 4 is 22.7 Å². The zero-order valence-electron chi connectivity index (χ0n) is 7.54. The molecule has 1 aliphatic carbocycles. The molecule has 1 saturated heterocycles. The highest BCUT2D eigenvalue weighted by atomic mass is 32.2. The Morgan fingerprint density at radius 2 is 2.46 bits per heavy atom. The van der Waals surface area contributed by atoms with E-state index in [0.717, 1.165) is 11.1 Å². The molecule has 5 heteroatoms. The van der Waals surface area contributed by atoms with Gasteiger partial charge >= 0.3 is 0 Å². The number of aliphatic imine (C=N–C) groups is 1. The maximum Gasteiger partial charge on any atom is 0.173 e. The first kappa shape index (κ1) is 9.02. The molecule has 1 unspecified atom stereocenters. The average Bonchev–Trinajstić information content (AvgIpc) is 2.83. The number of hydrogen-bond acceptors (Lipinski definition) is 4. The Bertz CT molecular complexity index is 250. The van der Waals surface area contributed by atoms with Gasteiger partial charge in [0.2, 0.25) is 0 Å². The predicted octanol–water partition coefficient (Wildman–Crippen LogP) is 0.509. The van der Waals surface area contributed by atoms with Crippen LogP contribution >= 0.6 is 11.8 Å². The van der Waals surface area contributed by atoms with Gasteiger partial charge in [0.15, 0.2) is 11.0 Å². The number of hydrogen-bond donors (Lipinski definition) is 2. The highest BCUT2D eigenvalue weighted by molar-refractivity contribution is 8.14. The maximum absolute atomic E-state index is 10.7. The van der Waals surface area contributed by atoms with E-state index in [9.17, 15) is 4.79 Å². The van der Waals surface area contributed by atoms with Gasteiger partial charge in [0.05, 0.1) is 5.37 Å². The van der Waals surface area contributed by atoms with Gasteiger partial charge in [-0.1, -0.05) is 11.8 Å². The van der Waals surface area contributed by atoms with Crippen molar-refractivity contribution < 1.29 is 4.79 Å². The molecule has 0 aromatic heterocycles. The number of nitrogens with one attached hydrogen (secondary N) is 2. The topological polar surface area (TPSA) is 53.5 Å². The third-order valence-electron chi connectivity index (χ3n) is 2.06. The Balaban J connectivity index is 1.82. The van der Waals surface area contributed by atoms with Crippen molar-refractivity contribution in [1.82, 2.24) is 10.9 Å². The molecular formula is C8H13N3OS. The largest absolute Gasteiger partial charge is 0.299 e. The van der Waals surface area contributed by atoms with Crippen LogP contribution in [0.1, 0.15) is 19.8 Å². The van der Waals surface area contributed by atoms with E-state index in [-0.39, 0.29) is 12.3 Å². The molecule has 0 aromatic rings. The van der Waals surface area contributed by atoms with E-state index in [0.29, 0.717) is 5.37 Å². The number of thioether (sulfide) groups is 1. The molecule has 0 aromatic carbocycles. The molecule has 1 atom stereocenters. The average molecular weight is 199 g/mol. The minimum atomic E-state index is 0.102. The lowest BCUT2D eigenvalue weighted by molar-refractivity contribution is -0.115. The second-order valence-electron chi connectivity index (χ2n) is 3.47. The molecular weight excluding hydrogens is 186 g/mol. The quantitative estimate of drug-likeness (QED) is 0.695. The Kier molecular flexibility index (Phi) is 2.55. The lowest BCUT2D eigenvalue weighted by Crippen LogP contribution is -2.32. The van der Waals surface area contributed by atoms with Crippen molar-refractivity contribution in [2.24, 2.45) is 10.9 Å². The van der Waals surface area contributed by atoms with Crippen LogP contribution in [-0.2, 0) is 4.79 Å². The molecule has 2 aliphatic rings. The smallest absolute Gasteiger partial charge is 0.173 e. The number of carbonyl (C=O) groups is 1. The van der Waals surface area contributed by atoms with E-state index in [1.807, 2.05) is 0 Å². The summed E-state index contributed by atoms with van der Waals surface area (Å²) in [6.45, 7) is 1.84. The number of amidine groups is 1. The van der Waals surface area contributed by atoms with Crippen molar-refractivity contribution in [2.75, 3.05) is 6.54 Å². The monoisotopic (exact) mass is 199 g/mol. The van der Waals surface area contributed by atoms with Crippen LogP contribution in [0.3, 0.4) is 0 Å². The number of hydrazine groups is 1. The summed E-state index contributed by atoms with van der Waals surface area (Å²) >= 11 is 1.70. The summed E-state index contributed by atoms with van der Waals surface area (Å²) in [5.41, 5.74) is 6.16. The van der Waals surface area contributed by atoms with Crippen molar-refractivity contribution in [3.05, 3.63) is 0 Å². The standard InChI is InChI=1S/C8H13N3OS/c1-5(12)4-9-8-11-10-7(13-8)6-2-3-6/h6-7,10H,2-4H2,1H3,(H,9,11). The second-order valence-corrected chi connectivity index (χ2v) is 4.60. The van der Waals surface area contributed by atoms with Crippen LogP contribution in [0, 0.1) is 5.92 Å². The van der Waals surface area contributed by atoms with Gasteiger partial charge < -0.3 is 0 Å². The van der Waals surface area contributed by atoms with Crippen LogP contribution in [0.5, 0.6) is 0 Å². The molecule has 1 heterocycles. The first-order valence-corrected chi connectivity index (χ1v) is 5.36. The van der Waals surface area contributed by atoms with E-state index < -0.39 is 0 Å². The molecule has 13 heavy (non-hydrogen) atoms. The van der Waals surface area contributed by atoms with Crippen molar-refractivity contribution in [3.8, 4) is 0 Å². The second kappa shape index (κ2) is 3.67. The summed E-state index contributed by atoms with van der Waals surface area (Å²) in [6, 6.07) is 0. The molecule has 4 nitrogen and oxygen atoms in total. The van der Waals surface area contributed by atoms with Crippen molar-refractivity contribution in [1.29, 1.82) is 0 Å². The molecule has 1 saturated carbocycles. The molecule has 0 radical (unpaired) electrons. The molecule has 0 spiro atoms. The zero-order chi connectivity index (χ0) is 9.26. The SMILES string of the molecule is CC(=O)CN=C1NNC(C2CC2)S1. The zero-order valence-corrected chi connectivity index (χ0v) is 8.36. The first-order valence-electron chi connectivity index (χ1n) is 4.48. The summed E-state index contributed by atoms with van der Waals surface area (Å²) in [4.78, 5) is 14.8. The number of ketones is 1. The number of nitrogens with zero attached hydrogens (tertiary/aromatic N) is 1. The Morgan fingerprint density at radius 1 is 1.69 bits per heavy atom. The Hall–Kier alpha value is -0.550. The molecule has 1 aliphatic heterocycles. The third kappa shape index (κ3) is 2.45. The minimum Gasteiger partial charge on any atom is -0.299 e. The number of rotatable bonds is 3. The fourth-order valence-corrected chi connectivity index (χ4v) is 2.26. The Labute approximate surface area is 81.5 Å². The van der Waals surface area contributed by atoms with Gasteiger partial charge in [-0.05, 0) is 25.7 Å². The fraction of sp³-hybridized carbons (Fsp3) is 0.750. The first-order chi connectivity index (χ1) is 6.25. The van der Waals surface area contributed by atoms with Gasteiger partial charge in [-0.25, -0.2) is 5.43 Å². The van der Waals surface area contributed by atoms with Crippen LogP contribution in [-0.4, -0.2) is 22.9 Å². The summed E-state index contributed by atoms with van der Waals surface area (Å²) in [5.74, 6) is 0.896. The highest BCUT2D eigenvalue weighted by Crippen LogP contribution is 2.38. The summed E-state index contributed by atoms with van der Waals surface area (Å²) in [5, 5.41) is 1.32. The fourth-order valence-electron chi connectivity index (χ4n) is 1.19. The molecule has 72 valence electrons. The third-order valence-corrected chi connectivity index (χ3v) is 3.27. The van der Waals surface area contributed by atoms with Gasteiger partial charge in [0.1, 0.15) is 6.54 Å². The van der Waals surface area contributed by atoms with E-state index in [1.165, 1.54) is 12.8 Å². The molecule has 0 bridgehead atoms. The van der Waals surface area contributed by atoms with Gasteiger partial charge in [0.25, 0.3) is 0 Å². The van der Waals surface area contributed by atoms with Gasteiger partial charge in [-0.15, -0.1) is 0 Å². The predicted molar refractivity (Wildman–Crippen MR) is 53.4 cm³/mol. The van der Waals surface area contributed by atoms with E-state index >= 15 is 0 Å². The van der Waals surface area contributed by atoms with E-state index in [4.69, 9.17) is 0 Å². The van der Waals surface area contributed by atoms with Gasteiger partial charge in [0, 0.05) is 0 Å².